The van der Waals surface area contributed by atoms with Crippen LogP contribution >= 0.6 is 0 Å². The van der Waals surface area contributed by atoms with E-state index >= 15 is 0 Å². The number of hydrogen-bond donors (Lipinski definition) is 2. The zero-order valence-electron chi connectivity index (χ0n) is 13.9. The summed E-state index contributed by atoms with van der Waals surface area (Å²) in [4.78, 5) is 23.4. The zero-order valence-corrected chi connectivity index (χ0v) is 13.9. The number of halogens is 1. The highest BCUT2D eigenvalue weighted by molar-refractivity contribution is 6.03. The number of nitrogens with one attached hydrogen (secondary N) is 2. The van der Waals surface area contributed by atoms with Gasteiger partial charge in [-0.15, -0.1) is 0 Å². The molecule has 0 radical (unpaired) electrons. The van der Waals surface area contributed by atoms with Crippen molar-refractivity contribution < 1.29 is 18.7 Å². The number of benzene rings is 2. The number of methoxy groups -OCH3 is 1. The highest BCUT2D eigenvalue weighted by atomic mass is 19.1. The second-order valence-electron chi connectivity index (χ2n) is 5.25. The van der Waals surface area contributed by atoms with Crippen LogP contribution in [0.1, 0.15) is 17.5 Å². The van der Waals surface area contributed by atoms with Gasteiger partial charge < -0.3 is 10.1 Å². The van der Waals surface area contributed by atoms with Crippen LogP contribution in [0.15, 0.2) is 47.6 Å². The molecule has 2 aromatic rings. The first-order valence-electron chi connectivity index (χ1n) is 7.50. The summed E-state index contributed by atoms with van der Waals surface area (Å²) in [5.41, 5.74) is 4.46. The predicted octanol–water partition coefficient (Wildman–Crippen LogP) is 2.62. The van der Waals surface area contributed by atoms with Gasteiger partial charge >= 0.3 is 0 Å². The van der Waals surface area contributed by atoms with Gasteiger partial charge in [-0.3, -0.25) is 9.59 Å². The van der Waals surface area contributed by atoms with E-state index in [9.17, 15) is 14.0 Å². The Hall–Kier alpha value is -3.22. The Morgan fingerprint density at radius 2 is 1.88 bits per heavy atom. The van der Waals surface area contributed by atoms with Crippen LogP contribution in [0.3, 0.4) is 0 Å². The van der Waals surface area contributed by atoms with Crippen LogP contribution in [0.5, 0.6) is 5.75 Å². The molecule has 0 fully saturated rings. The molecule has 0 aliphatic rings. The molecule has 6 nitrogen and oxygen atoms in total. The van der Waals surface area contributed by atoms with Gasteiger partial charge in [0.05, 0.1) is 13.3 Å². The molecule has 0 heterocycles. The monoisotopic (exact) mass is 343 g/mol. The summed E-state index contributed by atoms with van der Waals surface area (Å²) in [6.07, 6.45) is 1.10. The van der Waals surface area contributed by atoms with Crippen molar-refractivity contribution in [1.82, 2.24) is 5.43 Å². The van der Waals surface area contributed by atoms with Gasteiger partial charge in [0.1, 0.15) is 18.0 Å². The van der Waals surface area contributed by atoms with Gasteiger partial charge in [-0.25, -0.2) is 9.82 Å². The first kappa shape index (κ1) is 18.1. The molecule has 2 amide bonds. The number of amides is 2. The van der Waals surface area contributed by atoms with Crippen molar-refractivity contribution in [3.8, 4) is 5.75 Å². The Bertz CT molecular complexity index is 789. The number of aryl methyl sites for hydroxylation is 1. The summed E-state index contributed by atoms with van der Waals surface area (Å²) in [5, 5.41) is 6.33. The lowest BCUT2D eigenvalue weighted by Crippen LogP contribution is -2.24. The molecule has 0 spiro atoms. The Kier molecular flexibility index (Phi) is 6.22. The van der Waals surface area contributed by atoms with Crippen LogP contribution in [0.2, 0.25) is 0 Å². The van der Waals surface area contributed by atoms with Crippen LogP contribution < -0.4 is 15.5 Å². The summed E-state index contributed by atoms with van der Waals surface area (Å²) in [6.45, 7) is 1.89. The Morgan fingerprint density at radius 1 is 1.16 bits per heavy atom. The highest BCUT2D eigenvalue weighted by Crippen LogP contribution is 2.15. The van der Waals surface area contributed by atoms with Gasteiger partial charge in [0.15, 0.2) is 0 Å². The number of hydrazone groups is 1. The van der Waals surface area contributed by atoms with E-state index in [1.54, 1.807) is 13.2 Å². The Balaban J connectivity index is 1.83. The second-order valence-corrected chi connectivity index (χ2v) is 5.25. The molecule has 0 atom stereocenters. The van der Waals surface area contributed by atoms with Gasteiger partial charge in [-0.05, 0) is 60.5 Å². The molecule has 25 heavy (non-hydrogen) atoms. The van der Waals surface area contributed by atoms with Crippen LogP contribution in [0.25, 0.3) is 0 Å². The lowest BCUT2D eigenvalue weighted by Gasteiger charge is -2.05. The maximum atomic E-state index is 12.8. The molecule has 2 N–H and O–H groups in total. The van der Waals surface area contributed by atoms with Gasteiger partial charge in [0.2, 0.25) is 11.8 Å². The number of ether oxygens (including phenoxy) is 1. The SMILES string of the molecule is COc1ccc(C=NNC(=O)CC(=O)Nc2ccc(F)cc2)c(C)c1. The maximum absolute atomic E-state index is 12.8. The number of anilines is 1. The van der Waals surface area contributed by atoms with E-state index in [0.717, 1.165) is 16.9 Å². The zero-order chi connectivity index (χ0) is 18.2. The molecular weight excluding hydrogens is 325 g/mol. The highest BCUT2D eigenvalue weighted by Gasteiger charge is 2.09. The quantitative estimate of drug-likeness (QED) is 0.481. The summed E-state index contributed by atoms with van der Waals surface area (Å²) in [7, 11) is 1.58. The average Bonchev–Trinajstić information content (AvgIpc) is 2.58. The minimum atomic E-state index is -0.554. The van der Waals surface area contributed by atoms with Crippen molar-refractivity contribution in [3.05, 3.63) is 59.4 Å². The van der Waals surface area contributed by atoms with Gasteiger partial charge in [-0.2, -0.15) is 5.10 Å². The van der Waals surface area contributed by atoms with E-state index in [1.165, 1.54) is 30.5 Å². The van der Waals surface area contributed by atoms with E-state index in [-0.39, 0.29) is 0 Å². The number of hydrogen-bond acceptors (Lipinski definition) is 4. The second kappa shape index (κ2) is 8.58. The van der Waals surface area contributed by atoms with Crippen LogP contribution in [0, 0.1) is 12.7 Å². The fraction of sp³-hybridized carbons (Fsp3) is 0.167. The third-order valence-electron chi connectivity index (χ3n) is 3.32. The van der Waals surface area contributed by atoms with E-state index in [2.05, 4.69) is 15.8 Å². The van der Waals surface area contributed by atoms with Crippen LogP contribution in [-0.2, 0) is 9.59 Å². The van der Waals surface area contributed by atoms with Crippen molar-refractivity contribution in [2.75, 3.05) is 12.4 Å². The summed E-state index contributed by atoms with van der Waals surface area (Å²) in [5.74, 6) is -0.739. The Labute approximate surface area is 144 Å². The van der Waals surface area contributed by atoms with Gasteiger partial charge in [0, 0.05) is 5.69 Å². The third kappa shape index (κ3) is 5.72. The van der Waals surface area contributed by atoms with E-state index in [0.29, 0.717) is 5.69 Å². The predicted molar refractivity (Wildman–Crippen MR) is 93.1 cm³/mol. The Morgan fingerprint density at radius 3 is 2.52 bits per heavy atom. The van der Waals surface area contributed by atoms with Crippen molar-refractivity contribution in [2.45, 2.75) is 13.3 Å². The standard InChI is InChI=1S/C18H18FN3O3/c1-12-9-16(25-2)8-3-13(12)11-20-22-18(24)10-17(23)21-15-6-4-14(19)5-7-15/h3-9,11H,10H2,1-2H3,(H,21,23)(H,22,24). The molecule has 0 saturated carbocycles. The van der Waals surface area contributed by atoms with E-state index < -0.39 is 24.1 Å². The summed E-state index contributed by atoms with van der Waals surface area (Å²) < 4.78 is 17.9. The van der Waals surface area contributed by atoms with Crippen molar-refractivity contribution >= 4 is 23.7 Å². The first-order valence-corrected chi connectivity index (χ1v) is 7.50. The summed E-state index contributed by atoms with van der Waals surface area (Å²) in [6, 6.07) is 10.7. The fourth-order valence-corrected chi connectivity index (χ4v) is 2.02. The molecule has 0 aliphatic heterocycles. The minimum absolute atomic E-state index is 0.393. The largest absolute Gasteiger partial charge is 0.497 e. The molecule has 0 unspecified atom stereocenters. The number of nitrogens with zero attached hydrogens (tertiary/aromatic N) is 1. The molecule has 130 valence electrons. The topological polar surface area (TPSA) is 79.8 Å². The van der Waals surface area contributed by atoms with Crippen LogP contribution in [-0.4, -0.2) is 25.1 Å². The van der Waals surface area contributed by atoms with Gasteiger partial charge in [-0.1, -0.05) is 0 Å². The molecular formula is C18H18FN3O3. The fourth-order valence-electron chi connectivity index (χ4n) is 2.02. The third-order valence-corrected chi connectivity index (χ3v) is 3.32. The molecule has 0 bridgehead atoms. The van der Waals surface area contributed by atoms with E-state index in [4.69, 9.17) is 4.74 Å². The molecule has 0 saturated heterocycles. The molecule has 0 aromatic heterocycles. The normalized spacial score (nSPS) is 10.5. The maximum Gasteiger partial charge on any atom is 0.249 e. The smallest absolute Gasteiger partial charge is 0.249 e. The summed E-state index contributed by atoms with van der Waals surface area (Å²) >= 11 is 0. The molecule has 2 rings (SSSR count). The van der Waals surface area contributed by atoms with Crippen molar-refractivity contribution in [3.63, 3.8) is 0 Å². The van der Waals surface area contributed by atoms with Crippen LogP contribution in [0.4, 0.5) is 10.1 Å². The average molecular weight is 343 g/mol. The molecule has 0 aliphatic carbocycles. The molecule has 7 heteroatoms. The number of rotatable bonds is 6. The van der Waals surface area contributed by atoms with Crippen molar-refractivity contribution in [2.24, 2.45) is 5.10 Å². The molecule has 2 aromatic carbocycles. The van der Waals surface area contributed by atoms with Gasteiger partial charge in [0.25, 0.3) is 0 Å². The minimum Gasteiger partial charge on any atom is -0.497 e. The van der Waals surface area contributed by atoms with Crippen molar-refractivity contribution in [1.29, 1.82) is 0 Å². The lowest BCUT2D eigenvalue weighted by molar-refractivity contribution is -0.126. The number of carbonyl (C=O) groups excluding carboxylic acids is 2. The first-order chi connectivity index (χ1) is 12.0. The number of carbonyl (C=O) groups is 2. The lowest BCUT2D eigenvalue weighted by atomic mass is 10.1. The van der Waals surface area contributed by atoms with E-state index in [1.807, 2.05) is 19.1 Å².